The van der Waals surface area contributed by atoms with Crippen LogP contribution in [0.3, 0.4) is 0 Å². The molecular formula is C11H15FO4. The first-order valence-electron chi connectivity index (χ1n) is 4.81. The Morgan fingerprint density at radius 1 is 1.38 bits per heavy atom. The van der Waals surface area contributed by atoms with Crippen molar-refractivity contribution in [2.75, 3.05) is 14.2 Å². The van der Waals surface area contributed by atoms with E-state index in [-0.39, 0.29) is 23.5 Å². The predicted octanol–water partition coefficient (Wildman–Crippen LogP) is 1.47. The number of aliphatic hydroxyl groups excluding tert-OH is 1. The zero-order chi connectivity index (χ0) is 12.3. The van der Waals surface area contributed by atoms with Gasteiger partial charge < -0.3 is 19.7 Å². The summed E-state index contributed by atoms with van der Waals surface area (Å²) in [5.74, 6) is -1.35. The molecule has 2 N–H and O–H groups in total. The Morgan fingerprint density at radius 3 is 2.44 bits per heavy atom. The van der Waals surface area contributed by atoms with Crippen molar-refractivity contribution in [3.63, 3.8) is 0 Å². The van der Waals surface area contributed by atoms with Crippen LogP contribution in [0.25, 0.3) is 0 Å². The van der Waals surface area contributed by atoms with Crippen molar-refractivity contribution in [2.24, 2.45) is 0 Å². The Labute approximate surface area is 93.2 Å². The molecule has 0 aliphatic carbocycles. The van der Waals surface area contributed by atoms with Crippen LogP contribution in [0, 0.1) is 5.82 Å². The average molecular weight is 230 g/mol. The summed E-state index contributed by atoms with van der Waals surface area (Å²) in [5.41, 5.74) is 0.283. The van der Waals surface area contributed by atoms with E-state index in [1.165, 1.54) is 20.3 Å². The summed E-state index contributed by atoms with van der Waals surface area (Å²) in [6.07, 6.45) is -0.535. The summed E-state index contributed by atoms with van der Waals surface area (Å²) >= 11 is 0. The lowest BCUT2D eigenvalue weighted by Gasteiger charge is -2.14. The molecule has 0 spiro atoms. The normalized spacial score (nSPS) is 12.3. The molecule has 0 bridgehead atoms. The van der Waals surface area contributed by atoms with Crippen molar-refractivity contribution in [3.8, 4) is 17.2 Å². The first-order valence-corrected chi connectivity index (χ1v) is 4.81. The molecule has 1 aromatic rings. The molecule has 0 aliphatic rings. The summed E-state index contributed by atoms with van der Waals surface area (Å²) in [6, 6.07) is 1.45. The van der Waals surface area contributed by atoms with Gasteiger partial charge in [-0.3, -0.25) is 0 Å². The van der Waals surface area contributed by atoms with Gasteiger partial charge in [-0.15, -0.1) is 0 Å². The maximum Gasteiger partial charge on any atom is 0.210 e. The molecule has 90 valence electrons. The molecule has 0 heterocycles. The molecule has 1 atom stereocenters. The van der Waals surface area contributed by atoms with E-state index in [2.05, 4.69) is 0 Å². The summed E-state index contributed by atoms with van der Waals surface area (Å²) in [4.78, 5) is 0. The average Bonchev–Trinajstić information content (AvgIpc) is 2.24. The molecule has 0 saturated heterocycles. The van der Waals surface area contributed by atoms with Gasteiger partial charge in [-0.05, 0) is 13.0 Å². The predicted molar refractivity (Wildman–Crippen MR) is 56.6 cm³/mol. The maximum absolute atomic E-state index is 13.6. The molecule has 1 aromatic carbocycles. The second-order valence-corrected chi connectivity index (χ2v) is 3.49. The highest BCUT2D eigenvalue weighted by Gasteiger charge is 2.19. The fraction of sp³-hybridized carbons (Fsp3) is 0.455. The van der Waals surface area contributed by atoms with Crippen LogP contribution in [0.1, 0.15) is 12.5 Å². The molecule has 0 radical (unpaired) electrons. The number of methoxy groups -OCH3 is 2. The molecule has 1 unspecified atom stereocenters. The fourth-order valence-electron chi connectivity index (χ4n) is 1.46. The number of hydrogen-bond donors (Lipinski definition) is 2. The Bertz CT molecular complexity index is 377. The summed E-state index contributed by atoms with van der Waals surface area (Å²) in [5, 5.41) is 18.8. The van der Waals surface area contributed by atoms with Gasteiger partial charge in [-0.25, -0.2) is 0 Å². The summed E-state index contributed by atoms with van der Waals surface area (Å²) in [7, 11) is 2.66. The topological polar surface area (TPSA) is 58.9 Å². The van der Waals surface area contributed by atoms with Crippen molar-refractivity contribution >= 4 is 0 Å². The molecule has 5 heteroatoms. The van der Waals surface area contributed by atoms with Gasteiger partial charge in [0.15, 0.2) is 11.5 Å². The Morgan fingerprint density at radius 2 is 2.00 bits per heavy atom. The minimum absolute atomic E-state index is 0.142. The number of phenolic OH excluding ortho intramolecular Hbond substituents is 1. The number of hydrogen-bond acceptors (Lipinski definition) is 4. The zero-order valence-electron chi connectivity index (χ0n) is 9.45. The molecule has 0 fully saturated rings. The first-order chi connectivity index (χ1) is 7.51. The summed E-state index contributed by atoms with van der Waals surface area (Å²) < 4.78 is 23.3. The van der Waals surface area contributed by atoms with E-state index in [0.717, 1.165) is 0 Å². The van der Waals surface area contributed by atoms with Gasteiger partial charge in [-0.1, -0.05) is 0 Å². The molecule has 16 heavy (non-hydrogen) atoms. The lowest BCUT2D eigenvalue weighted by Crippen LogP contribution is -2.06. The van der Waals surface area contributed by atoms with Crippen LogP contribution in [0.4, 0.5) is 4.39 Å². The summed E-state index contributed by atoms with van der Waals surface area (Å²) in [6.45, 7) is 1.55. The molecule has 0 saturated carbocycles. The second kappa shape index (κ2) is 5.03. The van der Waals surface area contributed by atoms with Crippen LogP contribution in [0.15, 0.2) is 6.07 Å². The van der Waals surface area contributed by atoms with Gasteiger partial charge >= 0.3 is 0 Å². The monoisotopic (exact) mass is 230 g/mol. The highest BCUT2D eigenvalue weighted by atomic mass is 19.1. The van der Waals surface area contributed by atoms with Gasteiger partial charge in [0, 0.05) is 12.0 Å². The standard InChI is InChI=1S/C11H15FO4/c1-6(13)4-7-5-8(15-2)11(16-3)9(12)10(7)14/h5-6,13-14H,4H2,1-3H3. The SMILES string of the molecule is COc1cc(CC(C)O)c(O)c(F)c1OC. The number of ether oxygens (including phenoxy) is 2. The van der Waals surface area contributed by atoms with Crippen LogP contribution in [-0.4, -0.2) is 30.5 Å². The first kappa shape index (κ1) is 12.6. The third kappa shape index (κ3) is 2.36. The molecule has 4 nitrogen and oxygen atoms in total. The Hall–Kier alpha value is -1.49. The van der Waals surface area contributed by atoms with Gasteiger partial charge in [0.25, 0.3) is 0 Å². The van der Waals surface area contributed by atoms with Gasteiger partial charge in [0.2, 0.25) is 11.6 Å². The van der Waals surface area contributed by atoms with Crippen molar-refractivity contribution in [1.82, 2.24) is 0 Å². The van der Waals surface area contributed by atoms with Crippen LogP contribution in [-0.2, 0) is 6.42 Å². The largest absolute Gasteiger partial charge is 0.505 e. The zero-order valence-corrected chi connectivity index (χ0v) is 9.45. The van der Waals surface area contributed by atoms with Crippen LogP contribution < -0.4 is 9.47 Å². The number of phenols is 1. The minimum atomic E-state index is -0.877. The fourth-order valence-corrected chi connectivity index (χ4v) is 1.46. The van der Waals surface area contributed by atoms with Crippen LogP contribution >= 0.6 is 0 Å². The third-order valence-corrected chi connectivity index (χ3v) is 2.18. The van der Waals surface area contributed by atoms with Crippen molar-refractivity contribution in [1.29, 1.82) is 0 Å². The smallest absolute Gasteiger partial charge is 0.210 e. The quantitative estimate of drug-likeness (QED) is 0.822. The third-order valence-electron chi connectivity index (χ3n) is 2.18. The molecular weight excluding hydrogens is 215 g/mol. The molecule has 0 aliphatic heterocycles. The van der Waals surface area contributed by atoms with E-state index in [1.807, 2.05) is 0 Å². The van der Waals surface area contributed by atoms with E-state index >= 15 is 0 Å². The van der Waals surface area contributed by atoms with Gasteiger partial charge in [0.05, 0.1) is 20.3 Å². The van der Waals surface area contributed by atoms with E-state index in [1.54, 1.807) is 6.92 Å². The maximum atomic E-state index is 13.6. The highest BCUT2D eigenvalue weighted by molar-refractivity contribution is 5.51. The second-order valence-electron chi connectivity index (χ2n) is 3.49. The van der Waals surface area contributed by atoms with Gasteiger partial charge in [0.1, 0.15) is 0 Å². The lowest BCUT2D eigenvalue weighted by atomic mass is 10.1. The Kier molecular flexibility index (Phi) is 3.95. The van der Waals surface area contributed by atoms with Crippen molar-refractivity contribution < 1.29 is 24.1 Å². The number of benzene rings is 1. The number of rotatable bonds is 4. The lowest BCUT2D eigenvalue weighted by molar-refractivity contribution is 0.193. The Balaban J connectivity index is 3.27. The van der Waals surface area contributed by atoms with Crippen LogP contribution in [0.5, 0.6) is 17.2 Å². The number of aliphatic hydroxyl groups is 1. The van der Waals surface area contributed by atoms with Gasteiger partial charge in [-0.2, -0.15) is 4.39 Å². The molecule has 1 rings (SSSR count). The van der Waals surface area contributed by atoms with E-state index in [4.69, 9.17) is 9.47 Å². The highest BCUT2D eigenvalue weighted by Crippen LogP contribution is 2.38. The van der Waals surface area contributed by atoms with E-state index < -0.39 is 17.7 Å². The molecule has 0 amide bonds. The number of halogens is 1. The molecule has 0 aromatic heterocycles. The van der Waals surface area contributed by atoms with E-state index in [0.29, 0.717) is 0 Å². The van der Waals surface area contributed by atoms with E-state index in [9.17, 15) is 14.6 Å². The van der Waals surface area contributed by atoms with Crippen molar-refractivity contribution in [3.05, 3.63) is 17.4 Å². The van der Waals surface area contributed by atoms with Crippen molar-refractivity contribution in [2.45, 2.75) is 19.4 Å². The number of aromatic hydroxyl groups is 1. The van der Waals surface area contributed by atoms with Crippen LogP contribution in [0.2, 0.25) is 0 Å². The minimum Gasteiger partial charge on any atom is -0.505 e.